The number of alkyl halides is 3. The van der Waals surface area contributed by atoms with Gasteiger partial charge in [0.1, 0.15) is 24.4 Å². The average molecular weight is 346 g/mol. The molecule has 0 aliphatic carbocycles. The normalized spacial score (nSPS) is 24.5. The van der Waals surface area contributed by atoms with E-state index in [1.165, 1.54) is 4.90 Å². The molecule has 2 saturated heterocycles. The maximum absolute atomic E-state index is 12.5. The van der Waals surface area contributed by atoms with Crippen molar-refractivity contribution in [3.8, 4) is 0 Å². The van der Waals surface area contributed by atoms with Crippen molar-refractivity contribution in [3.05, 3.63) is 29.6 Å². The smallest absolute Gasteiger partial charge is 0.418 e. The summed E-state index contributed by atoms with van der Waals surface area (Å²) >= 11 is 0. The van der Waals surface area contributed by atoms with Crippen LogP contribution in [-0.2, 0) is 9.47 Å². The Morgan fingerprint density at radius 1 is 1.50 bits per heavy atom. The van der Waals surface area contributed by atoms with E-state index in [9.17, 15) is 27.9 Å². The molecule has 0 radical (unpaired) electrons. The minimum Gasteiger partial charge on any atom is -0.455 e. The first-order chi connectivity index (χ1) is 11.3. The number of esters is 1. The predicted octanol–water partition coefficient (Wildman–Crippen LogP) is 1.43. The second-order valence-corrected chi connectivity index (χ2v) is 5.49. The van der Waals surface area contributed by atoms with Gasteiger partial charge in [0.05, 0.1) is 0 Å². The van der Waals surface area contributed by atoms with Gasteiger partial charge in [-0.15, -0.1) is 0 Å². The van der Waals surface area contributed by atoms with Crippen molar-refractivity contribution in [1.29, 1.82) is 0 Å². The third-order valence-electron chi connectivity index (χ3n) is 3.97. The van der Waals surface area contributed by atoms with E-state index >= 15 is 0 Å². The lowest BCUT2D eigenvalue weighted by Crippen LogP contribution is -2.35. The first-order valence-corrected chi connectivity index (χ1v) is 7.12. The number of fused-ring (bicyclic) bond motifs is 1. The van der Waals surface area contributed by atoms with Crippen LogP contribution in [0.15, 0.2) is 18.3 Å². The molecule has 2 aliphatic heterocycles. The van der Waals surface area contributed by atoms with Crippen molar-refractivity contribution in [3.63, 3.8) is 0 Å². The summed E-state index contributed by atoms with van der Waals surface area (Å²) in [4.78, 5) is 28.6. The van der Waals surface area contributed by atoms with E-state index in [0.29, 0.717) is 13.0 Å². The molecular formula is C14H13F3N2O5. The van der Waals surface area contributed by atoms with Gasteiger partial charge in [-0.25, -0.2) is 14.6 Å². The third kappa shape index (κ3) is 3.01. The molecule has 1 amide bonds. The van der Waals surface area contributed by atoms with Crippen LogP contribution in [0.5, 0.6) is 0 Å². The number of aromatic nitrogens is 1. The number of hydrogen-bond donors (Lipinski definition) is 1. The van der Waals surface area contributed by atoms with E-state index in [2.05, 4.69) is 4.98 Å². The fraction of sp³-hybridized carbons (Fsp3) is 0.500. The summed E-state index contributed by atoms with van der Waals surface area (Å²) in [5.41, 5.74) is -0.851. The van der Waals surface area contributed by atoms with Gasteiger partial charge in [-0.05, 0) is 17.7 Å². The Morgan fingerprint density at radius 2 is 2.25 bits per heavy atom. The Bertz CT molecular complexity index is 666. The number of aliphatic hydroxyl groups is 1. The first kappa shape index (κ1) is 16.5. The zero-order valence-electron chi connectivity index (χ0n) is 12.2. The molecule has 0 saturated carbocycles. The summed E-state index contributed by atoms with van der Waals surface area (Å²) in [6, 6.07) is 1.41. The van der Waals surface area contributed by atoms with Gasteiger partial charge in [0.25, 0.3) is 0 Å². The number of hydrogen-bond acceptors (Lipinski definition) is 6. The molecule has 2 fully saturated rings. The van der Waals surface area contributed by atoms with E-state index in [-0.39, 0.29) is 12.3 Å². The van der Waals surface area contributed by atoms with Gasteiger partial charge >= 0.3 is 18.2 Å². The van der Waals surface area contributed by atoms with Gasteiger partial charge in [0, 0.05) is 19.2 Å². The number of ether oxygens (including phenoxy) is 2. The van der Waals surface area contributed by atoms with Crippen LogP contribution in [0.25, 0.3) is 0 Å². The monoisotopic (exact) mass is 346 g/mol. The molecule has 10 heteroatoms. The van der Waals surface area contributed by atoms with Crippen LogP contribution in [0.1, 0.15) is 28.6 Å². The Labute approximate surface area is 134 Å². The van der Waals surface area contributed by atoms with E-state index in [1.54, 1.807) is 0 Å². The van der Waals surface area contributed by atoms with Crippen LogP contribution < -0.4 is 0 Å². The molecule has 130 valence electrons. The van der Waals surface area contributed by atoms with Crippen molar-refractivity contribution < 1.29 is 37.3 Å². The predicted molar refractivity (Wildman–Crippen MR) is 70.9 cm³/mol. The van der Waals surface area contributed by atoms with Gasteiger partial charge in [-0.2, -0.15) is 13.2 Å². The van der Waals surface area contributed by atoms with Crippen molar-refractivity contribution in [2.75, 3.05) is 13.2 Å². The number of carbonyl (C=O) groups is 2. The number of cyclic esters (lactones) is 1. The van der Waals surface area contributed by atoms with E-state index < -0.39 is 42.1 Å². The van der Waals surface area contributed by atoms with Crippen molar-refractivity contribution >= 4 is 12.1 Å². The zero-order valence-corrected chi connectivity index (χ0v) is 12.2. The van der Waals surface area contributed by atoms with E-state index in [4.69, 9.17) is 9.47 Å². The van der Waals surface area contributed by atoms with Crippen LogP contribution in [-0.4, -0.2) is 58.5 Å². The average Bonchev–Trinajstić information content (AvgIpc) is 3.10. The summed E-state index contributed by atoms with van der Waals surface area (Å²) in [6.45, 7) is 0.471. The fourth-order valence-electron chi connectivity index (χ4n) is 2.74. The number of rotatable bonds is 3. The summed E-state index contributed by atoms with van der Waals surface area (Å²) in [5.74, 6) is -0.919. The molecule has 3 heterocycles. The van der Waals surface area contributed by atoms with Gasteiger partial charge in [-0.1, -0.05) is 0 Å². The lowest BCUT2D eigenvalue weighted by Gasteiger charge is -2.18. The second kappa shape index (κ2) is 5.93. The van der Waals surface area contributed by atoms with Crippen molar-refractivity contribution in [2.45, 2.75) is 30.8 Å². The summed E-state index contributed by atoms with van der Waals surface area (Å²) < 4.78 is 47.7. The standard InChI is InChI=1S/C14H13F3N2O5/c15-14(16,17)11(20)7-1-3-18-8(5-7)12(21)24-10-2-4-19-9(10)6-23-13(19)22/h1,3,5,9-11,20H,2,4,6H2/t9-,10-,11?/m1/s1. The molecule has 7 nitrogen and oxygen atoms in total. The van der Waals surface area contributed by atoms with Gasteiger partial charge in [0.15, 0.2) is 6.10 Å². The van der Waals surface area contributed by atoms with Crippen LogP contribution in [0, 0.1) is 0 Å². The molecule has 0 spiro atoms. The van der Waals surface area contributed by atoms with Crippen molar-refractivity contribution in [2.24, 2.45) is 0 Å². The Morgan fingerprint density at radius 3 is 2.96 bits per heavy atom. The molecule has 0 aromatic carbocycles. The number of amides is 1. The topological polar surface area (TPSA) is 89.0 Å². The number of nitrogens with zero attached hydrogens (tertiary/aromatic N) is 2. The van der Waals surface area contributed by atoms with Crippen LogP contribution in [0.3, 0.4) is 0 Å². The zero-order chi connectivity index (χ0) is 17.5. The number of halogens is 3. The largest absolute Gasteiger partial charge is 0.455 e. The maximum Gasteiger partial charge on any atom is 0.418 e. The molecule has 3 atom stereocenters. The number of carbonyl (C=O) groups excluding carboxylic acids is 2. The highest BCUT2D eigenvalue weighted by Crippen LogP contribution is 2.32. The minimum absolute atomic E-state index is 0.0943. The fourth-order valence-corrected chi connectivity index (χ4v) is 2.74. The SMILES string of the molecule is O=C(O[C@@H]1CCN2C(=O)OC[C@H]12)c1cc(C(O)C(F)(F)F)ccn1. The molecule has 1 unspecified atom stereocenters. The third-order valence-corrected chi connectivity index (χ3v) is 3.97. The molecule has 0 bridgehead atoms. The minimum atomic E-state index is -4.85. The highest BCUT2D eigenvalue weighted by Gasteiger charge is 2.45. The summed E-state index contributed by atoms with van der Waals surface area (Å²) in [6.07, 6.45) is -7.25. The molecule has 2 aliphatic rings. The maximum atomic E-state index is 12.5. The molecule has 3 rings (SSSR count). The molecule has 24 heavy (non-hydrogen) atoms. The Kier molecular flexibility index (Phi) is 4.08. The summed E-state index contributed by atoms with van der Waals surface area (Å²) in [7, 11) is 0. The first-order valence-electron chi connectivity index (χ1n) is 7.12. The summed E-state index contributed by atoms with van der Waals surface area (Å²) in [5, 5.41) is 9.23. The highest BCUT2D eigenvalue weighted by molar-refractivity contribution is 5.87. The van der Waals surface area contributed by atoms with E-state index in [1.807, 2.05) is 0 Å². The van der Waals surface area contributed by atoms with E-state index in [0.717, 1.165) is 18.3 Å². The molecule has 1 N–H and O–H groups in total. The van der Waals surface area contributed by atoms with Gasteiger partial charge < -0.3 is 14.6 Å². The van der Waals surface area contributed by atoms with Gasteiger partial charge in [-0.3, -0.25) is 4.90 Å². The van der Waals surface area contributed by atoms with Crippen LogP contribution in [0.4, 0.5) is 18.0 Å². The lowest BCUT2D eigenvalue weighted by molar-refractivity contribution is -0.206. The lowest BCUT2D eigenvalue weighted by atomic mass is 10.1. The Hall–Kier alpha value is -2.36. The molecular weight excluding hydrogens is 333 g/mol. The quantitative estimate of drug-likeness (QED) is 0.833. The second-order valence-electron chi connectivity index (χ2n) is 5.49. The highest BCUT2D eigenvalue weighted by atomic mass is 19.4. The van der Waals surface area contributed by atoms with Gasteiger partial charge in [0.2, 0.25) is 0 Å². The van der Waals surface area contributed by atoms with Crippen LogP contribution >= 0.6 is 0 Å². The van der Waals surface area contributed by atoms with Crippen LogP contribution in [0.2, 0.25) is 0 Å². The van der Waals surface area contributed by atoms with Crippen molar-refractivity contribution in [1.82, 2.24) is 9.88 Å². The molecule has 1 aromatic heterocycles. The number of pyridine rings is 1. The Balaban J connectivity index is 1.71. The molecule has 1 aromatic rings. The number of aliphatic hydroxyl groups excluding tert-OH is 1.